The van der Waals surface area contributed by atoms with Gasteiger partial charge in [-0.1, -0.05) is 0 Å². The Bertz CT molecular complexity index is 964. The fourth-order valence-electron chi connectivity index (χ4n) is 1.83. The third-order valence-electron chi connectivity index (χ3n) is 4.14. The first-order valence-corrected chi connectivity index (χ1v) is 8.11. The molecule has 27 heteroatoms. The van der Waals surface area contributed by atoms with Crippen LogP contribution in [0, 0.1) is 0 Å². The van der Waals surface area contributed by atoms with Crippen molar-refractivity contribution in [2.45, 2.75) is 65.8 Å². The van der Waals surface area contributed by atoms with Gasteiger partial charge in [-0.05, 0) is 0 Å². The first-order chi connectivity index (χ1) is 16.8. The minimum absolute atomic E-state index is 1.53. The monoisotopic (exact) mass is 664 g/mol. The zero-order valence-corrected chi connectivity index (χ0v) is 16.8. The number of aliphatic hydroxyl groups is 1. The quantitative estimate of drug-likeness (QED) is 0.146. The Hall–Kier alpha value is -2.25. The standard InChI is InChI=1S/C13HF25O2/c14-1(2(15)40-13(38,39)10(30,31)9(28,29)12(35,36)37)3(16,17)4(18,19)5(20,21)6(22,23)7(24,25)8(26,27)11(32,33)34/h39H. The van der Waals surface area contributed by atoms with E-state index in [1.165, 1.54) is 4.74 Å². The van der Waals surface area contributed by atoms with Crippen LogP contribution in [0.25, 0.3) is 0 Å². The van der Waals surface area contributed by atoms with Gasteiger partial charge < -0.3 is 9.84 Å². The number of allylic oxidation sites excluding steroid dienone is 1. The summed E-state index contributed by atoms with van der Waals surface area (Å²) >= 11 is 0. The Morgan fingerprint density at radius 3 is 0.925 bits per heavy atom. The van der Waals surface area contributed by atoms with Gasteiger partial charge in [-0.25, -0.2) is 0 Å². The van der Waals surface area contributed by atoms with Crippen LogP contribution in [0.3, 0.4) is 0 Å². The van der Waals surface area contributed by atoms with Crippen LogP contribution in [0.2, 0.25) is 0 Å². The summed E-state index contributed by atoms with van der Waals surface area (Å²) < 4.78 is 322. The molecule has 0 aliphatic heterocycles. The van der Waals surface area contributed by atoms with Gasteiger partial charge in [-0.3, -0.25) is 0 Å². The predicted molar refractivity (Wildman–Crippen MR) is 68.1 cm³/mol. The van der Waals surface area contributed by atoms with Crippen LogP contribution in [0.1, 0.15) is 0 Å². The molecule has 0 rings (SSSR count). The molecule has 2 nitrogen and oxygen atoms in total. The molecule has 0 amide bonds. The lowest BCUT2D eigenvalue weighted by atomic mass is 9.91. The van der Waals surface area contributed by atoms with Gasteiger partial charge in [-0.15, -0.1) is 0 Å². The summed E-state index contributed by atoms with van der Waals surface area (Å²) in [6.07, 6.45) is -15.8. The van der Waals surface area contributed by atoms with Gasteiger partial charge in [0.2, 0.25) is 5.83 Å². The molecule has 0 aliphatic rings. The van der Waals surface area contributed by atoms with Crippen molar-refractivity contribution >= 4 is 0 Å². The molecule has 0 heterocycles. The summed E-state index contributed by atoms with van der Waals surface area (Å²) in [6, 6.07) is -12.7. The molecule has 0 spiro atoms. The molecular weight excluding hydrogens is 663 g/mol. The van der Waals surface area contributed by atoms with E-state index in [1.54, 1.807) is 0 Å². The summed E-state index contributed by atoms with van der Waals surface area (Å²) in [6.45, 7) is 0. The van der Waals surface area contributed by atoms with Gasteiger partial charge in [0.05, 0.1) is 0 Å². The van der Waals surface area contributed by atoms with Crippen LogP contribution in [-0.2, 0) is 4.74 Å². The first-order valence-electron chi connectivity index (χ1n) is 8.11. The maximum atomic E-state index is 13.4. The van der Waals surface area contributed by atoms with E-state index in [4.69, 9.17) is 5.11 Å². The summed E-state index contributed by atoms with van der Waals surface area (Å²) in [5.41, 5.74) is 0. The van der Waals surface area contributed by atoms with E-state index in [0.29, 0.717) is 0 Å². The Morgan fingerprint density at radius 2 is 0.625 bits per heavy atom. The van der Waals surface area contributed by atoms with Crippen LogP contribution in [-0.4, -0.2) is 70.9 Å². The SMILES string of the molecule is OC(F)(OC(F)=C(F)C(F)(F)C(F)(F)C(F)(F)C(F)(F)C(F)(F)C(F)(F)C(F)(F)F)C(F)(F)C(F)(F)C(F)(F)F. The number of rotatable bonds is 10. The van der Waals surface area contributed by atoms with E-state index in [1.807, 2.05) is 0 Å². The lowest BCUT2D eigenvalue weighted by molar-refractivity contribution is -0.461. The Morgan fingerprint density at radius 1 is 0.375 bits per heavy atom. The molecule has 0 saturated heterocycles. The molecule has 1 unspecified atom stereocenters. The predicted octanol–water partition coefficient (Wildman–Crippen LogP) is 7.93. The lowest BCUT2D eigenvalue weighted by Crippen LogP contribution is -2.72. The summed E-state index contributed by atoms with van der Waals surface area (Å²) in [5.74, 6) is -74.7. The van der Waals surface area contributed by atoms with Gasteiger partial charge in [0.25, 0.3) is 0 Å². The van der Waals surface area contributed by atoms with Crippen molar-refractivity contribution in [3.8, 4) is 0 Å². The molecule has 0 aliphatic carbocycles. The van der Waals surface area contributed by atoms with Crippen LogP contribution in [0.4, 0.5) is 110 Å². The van der Waals surface area contributed by atoms with Gasteiger partial charge >= 0.3 is 71.8 Å². The van der Waals surface area contributed by atoms with Crippen LogP contribution in [0.15, 0.2) is 11.8 Å². The van der Waals surface area contributed by atoms with Crippen molar-refractivity contribution < 1.29 is 120 Å². The van der Waals surface area contributed by atoms with E-state index >= 15 is 0 Å². The minimum atomic E-state index is -9.13. The average Bonchev–Trinajstić information content (AvgIpc) is 2.69. The highest BCUT2D eigenvalue weighted by molar-refractivity contribution is 5.20. The van der Waals surface area contributed by atoms with E-state index in [-0.39, 0.29) is 0 Å². The van der Waals surface area contributed by atoms with Gasteiger partial charge in [-0.2, -0.15) is 110 Å². The van der Waals surface area contributed by atoms with E-state index in [0.717, 1.165) is 0 Å². The molecule has 240 valence electrons. The van der Waals surface area contributed by atoms with Crippen molar-refractivity contribution in [3.63, 3.8) is 0 Å². The molecule has 1 N–H and O–H groups in total. The molecule has 0 aromatic carbocycles. The van der Waals surface area contributed by atoms with E-state index in [9.17, 15) is 110 Å². The zero-order chi connectivity index (χ0) is 33.4. The fourth-order valence-corrected chi connectivity index (χ4v) is 1.83. The molecule has 0 bridgehead atoms. The molecule has 0 saturated carbocycles. The molecule has 0 aromatic heterocycles. The number of ether oxygens (including phenoxy) is 1. The normalized spacial score (nSPS) is 18.4. The Kier molecular flexibility index (Phi) is 8.86. The van der Waals surface area contributed by atoms with Crippen LogP contribution in [0.5, 0.6) is 0 Å². The summed E-state index contributed by atoms with van der Waals surface area (Å²) in [4.78, 5) is 0. The van der Waals surface area contributed by atoms with Crippen molar-refractivity contribution in [1.29, 1.82) is 0 Å². The lowest BCUT2D eigenvalue weighted by Gasteiger charge is -2.41. The number of hydrogen-bond donors (Lipinski definition) is 1. The second kappa shape index (κ2) is 9.38. The Labute approximate surface area is 198 Å². The third kappa shape index (κ3) is 4.91. The highest BCUT2D eigenvalue weighted by Crippen LogP contribution is 2.63. The second-order valence-electron chi connectivity index (χ2n) is 6.84. The first kappa shape index (κ1) is 37.8. The zero-order valence-electron chi connectivity index (χ0n) is 16.8. The smallest absolute Gasteiger partial charge is 0.403 e. The average molecular weight is 664 g/mol. The van der Waals surface area contributed by atoms with Crippen molar-refractivity contribution in [2.24, 2.45) is 0 Å². The molecule has 0 radical (unpaired) electrons. The molecule has 1 atom stereocenters. The summed E-state index contributed by atoms with van der Waals surface area (Å²) in [7, 11) is 0. The maximum absolute atomic E-state index is 13.4. The second-order valence-corrected chi connectivity index (χ2v) is 6.84. The fraction of sp³-hybridized carbons (Fsp3) is 0.846. The maximum Gasteiger partial charge on any atom is 0.460 e. The van der Waals surface area contributed by atoms with E-state index in [2.05, 4.69) is 0 Å². The van der Waals surface area contributed by atoms with Crippen molar-refractivity contribution in [2.75, 3.05) is 0 Å². The van der Waals surface area contributed by atoms with Crippen molar-refractivity contribution in [3.05, 3.63) is 11.8 Å². The van der Waals surface area contributed by atoms with Gasteiger partial charge in [0.1, 0.15) is 0 Å². The number of halogens is 25. The molecular formula is C13HF25O2. The van der Waals surface area contributed by atoms with Crippen LogP contribution < -0.4 is 0 Å². The van der Waals surface area contributed by atoms with Gasteiger partial charge in [0, 0.05) is 0 Å². The topological polar surface area (TPSA) is 29.5 Å². The highest BCUT2D eigenvalue weighted by atomic mass is 19.4. The molecule has 0 fully saturated rings. The third-order valence-corrected chi connectivity index (χ3v) is 4.14. The van der Waals surface area contributed by atoms with E-state index < -0.39 is 77.6 Å². The largest absolute Gasteiger partial charge is 0.460 e. The molecule has 0 aromatic rings. The molecule has 40 heavy (non-hydrogen) atoms. The summed E-state index contributed by atoms with van der Waals surface area (Å²) in [5, 5.41) is 8.14. The Balaban J connectivity index is 6.94. The van der Waals surface area contributed by atoms with Gasteiger partial charge in [0.15, 0.2) is 0 Å². The highest BCUT2D eigenvalue weighted by Gasteiger charge is 2.94. The van der Waals surface area contributed by atoms with Crippen LogP contribution >= 0.6 is 0 Å². The van der Waals surface area contributed by atoms with Crippen molar-refractivity contribution in [1.82, 2.24) is 0 Å². The minimum Gasteiger partial charge on any atom is -0.403 e. The number of hydrogen-bond acceptors (Lipinski definition) is 2. The number of alkyl halides is 23.